The summed E-state index contributed by atoms with van der Waals surface area (Å²) in [5.74, 6) is -1.38. The van der Waals surface area contributed by atoms with Crippen molar-refractivity contribution in [3.8, 4) is 0 Å². The van der Waals surface area contributed by atoms with Crippen molar-refractivity contribution in [2.75, 3.05) is 5.01 Å². The third kappa shape index (κ3) is 1.93. The second-order valence-corrected chi connectivity index (χ2v) is 5.63. The van der Waals surface area contributed by atoms with Gasteiger partial charge in [-0.05, 0) is 34.5 Å². The molecule has 0 saturated carbocycles. The summed E-state index contributed by atoms with van der Waals surface area (Å²) in [7, 11) is 1.46. The Morgan fingerprint density at radius 2 is 1.76 bits per heavy atom. The first-order valence-electron chi connectivity index (χ1n) is 6.35. The van der Waals surface area contributed by atoms with Crippen LogP contribution in [0.4, 0.5) is 4.39 Å². The van der Waals surface area contributed by atoms with E-state index < -0.39 is 23.3 Å². The minimum absolute atomic E-state index is 0.121. The molecule has 0 radical (unpaired) electrons. The van der Waals surface area contributed by atoms with Crippen molar-refractivity contribution in [1.82, 2.24) is 9.24 Å². The third-order valence-electron chi connectivity index (χ3n) is 3.53. The molecular formula is C13H11BrFN3O3. The minimum atomic E-state index is -0.570. The monoisotopic (exact) mass is 355 g/mol. The Bertz CT molecular complexity index is 823. The molecule has 2 amide bonds. The SMILES string of the molecule is Cn1c(=O)n(N2C(=O)CCCC2=O)c2ccc(F)c(Br)c21. The van der Waals surface area contributed by atoms with Crippen molar-refractivity contribution in [2.45, 2.75) is 19.3 Å². The molecular weight excluding hydrogens is 345 g/mol. The number of hydrogen-bond acceptors (Lipinski definition) is 3. The van der Waals surface area contributed by atoms with Crippen molar-refractivity contribution in [2.24, 2.45) is 7.05 Å². The van der Waals surface area contributed by atoms with Crippen LogP contribution in [-0.2, 0) is 16.6 Å². The zero-order chi connectivity index (χ0) is 15.3. The van der Waals surface area contributed by atoms with Gasteiger partial charge in [0.2, 0.25) is 11.8 Å². The topological polar surface area (TPSA) is 64.3 Å². The van der Waals surface area contributed by atoms with Gasteiger partial charge in [0.05, 0.1) is 15.5 Å². The van der Waals surface area contributed by atoms with E-state index in [2.05, 4.69) is 15.9 Å². The van der Waals surface area contributed by atoms with Gasteiger partial charge in [0, 0.05) is 19.9 Å². The van der Waals surface area contributed by atoms with Crippen LogP contribution in [0.2, 0.25) is 0 Å². The Morgan fingerprint density at radius 1 is 1.14 bits per heavy atom. The van der Waals surface area contributed by atoms with Crippen LogP contribution < -0.4 is 10.7 Å². The lowest BCUT2D eigenvalue weighted by Crippen LogP contribution is -2.52. The molecule has 1 fully saturated rings. The van der Waals surface area contributed by atoms with Gasteiger partial charge < -0.3 is 0 Å². The van der Waals surface area contributed by atoms with E-state index in [0.29, 0.717) is 17.5 Å². The highest BCUT2D eigenvalue weighted by Crippen LogP contribution is 2.26. The van der Waals surface area contributed by atoms with E-state index in [-0.39, 0.29) is 17.3 Å². The molecule has 0 bridgehead atoms. The summed E-state index contributed by atoms with van der Waals surface area (Å²) < 4.78 is 16.0. The summed E-state index contributed by atoms with van der Waals surface area (Å²) in [4.78, 5) is 36.4. The number of benzene rings is 1. The Kier molecular flexibility index (Phi) is 3.20. The molecule has 8 heteroatoms. The standard InChI is InChI=1S/C13H11BrFN3O3/c1-16-12-8(6-5-7(15)11(12)14)17(13(16)21)18-9(19)3-2-4-10(18)20/h5-6H,2-4H2,1H3. The van der Waals surface area contributed by atoms with E-state index in [9.17, 15) is 18.8 Å². The van der Waals surface area contributed by atoms with Crippen LogP contribution in [-0.4, -0.2) is 21.1 Å². The quantitative estimate of drug-likeness (QED) is 0.726. The van der Waals surface area contributed by atoms with Crippen LogP contribution in [0.5, 0.6) is 0 Å². The van der Waals surface area contributed by atoms with Crippen LogP contribution in [0.15, 0.2) is 21.4 Å². The zero-order valence-electron chi connectivity index (χ0n) is 11.1. The second-order valence-electron chi connectivity index (χ2n) is 4.84. The average Bonchev–Trinajstić information content (AvgIpc) is 2.68. The smallest absolute Gasteiger partial charge is 0.292 e. The van der Waals surface area contributed by atoms with Crippen LogP contribution in [0, 0.1) is 5.82 Å². The Morgan fingerprint density at radius 3 is 2.38 bits per heavy atom. The minimum Gasteiger partial charge on any atom is -0.292 e. The zero-order valence-corrected chi connectivity index (χ0v) is 12.7. The molecule has 0 unspecified atom stereocenters. The summed E-state index contributed by atoms with van der Waals surface area (Å²) >= 11 is 3.10. The van der Waals surface area contributed by atoms with E-state index in [1.165, 1.54) is 23.7 Å². The normalized spacial score (nSPS) is 16.0. The molecule has 1 aromatic carbocycles. The fourth-order valence-corrected chi connectivity index (χ4v) is 3.12. The van der Waals surface area contributed by atoms with Gasteiger partial charge in [-0.25, -0.2) is 9.18 Å². The number of imidazole rings is 1. The fraction of sp³-hybridized carbons (Fsp3) is 0.308. The van der Waals surface area contributed by atoms with Gasteiger partial charge in [-0.2, -0.15) is 9.69 Å². The molecule has 1 saturated heterocycles. The first kappa shape index (κ1) is 14.0. The summed E-state index contributed by atoms with van der Waals surface area (Å²) in [6, 6.07) is 2.56. The maximum absolute atomic E-state index is 13.6. The van der Waals surface area contributed by atoms with Crippen LogP contribution in [0.3, 0.4) is 0 Å². The maximum atomic E-state index is 13.6. The Labute approximate surface area is 126 Å². The third-order valence-corrected chi connectivity index (χ3v) is 4.29. The molecule has 0 N–H and O–H groups in total. The molecule has 0 spiro atoms. The van der Waals surface area contributed by atoms with Gasteiger partial charge in [-0.1, -0.05) is 0 Å². The molecule has 1 aliphatic heterocycles. The van der Waals surface area contributed by atoms with Gasteiger partial charge in [-0.15, -0.1) is 0 Å². The molecule has 2 aromatic rings. The van der Waals surface area contributed by atoms with Gasteiger partial charge >= 0.3 is 5.69 Å². The number of aromatic nitrogens is 2. The van der Waals surface area contributed by atoms with Crippen molar-refractivity contribution < 1.29 is 14.0 Å². The second kappa shape index (κ2) is 4.80. The van der Waals surface area contributed by atoms with Crippen LogP contribution in [0.25, 0.3) is 11.0 Å². The highest BCUT2D eigenvalue weighted by Gasteiger charge is 2.31. The van der Waals surface area contributed by atoms with E-state index in [0.717, 1.165) is 9.69 Å². The molecule has 6 nitrogen and oxygen atoms in total. The summed E-state index contributed by atoms with van der Waals surface area (Å²) in [5.41, 5.74) is 0.0328. The van der Waals surface area contributed by atoms with Gasteiger partial charge in [-0.3, -0.25) is 14.2 Å². The number of halogens is 2. The molecule has 1 aromatic heterocycles. The predicted octanol–water partition coefficient (Wildman–Crippen LogP) is 1.42. The molecule has 0 aliphatic carbocycles. The highest BCUT2D eigenvalue weighted by atomic mass is 79.9. The van der Waals surface area contributed by atoms with E-state index >= 15 is 0 Å². The van der Waals surface area contributed by atoms with E-state index in [1.807, 2.05) is 0 Å². The number of rotatable bonds is 1. The Balaban J connectivity index is 2.36. The Hall–Kier alpha value is -1.96. The molecule has 2 heterocycles. The number of nitrogens with zero attached hydrogens (tertiary/aromatic N) is 3. The van der Waals surface area contributed by atoms with Crippen LogP contribution in [0.1, 0.15) is 19.3 Å². The average molecular weight is 356 g/mol. The highest BCUT2D eigenvalue weighted by molar-refractivity contribution is 9.10. The molecule has 21 heavy (non-hydrogen) atoms. The maximum Gasteiger partial charge on any atom is 0.348 e. The number of fused-ring (bicyclic) bond motifs is 1. The van der Waals surface area contributed by atoms with Crippen molar-refractivity contribution >= 4 is 38.8 Å². The summed E-state index contributed by atoms with van der Waals surface area (Å²) in [5, 5.41) is 0.860. The molecule has 0 atom stereocenters. The molecule has 110 valence electrons. The first-order chi connectivity index (χ1) is 9.93. The lowest BCUT2D eigenvalue weighted by molar-refractivity contribution is -0.131. The van der Waals surface area contributed by atoms with Gasteiger partial charge in [0.25, 0.3) is 0 Å². The number of imide groups is 1. The summed E-state index contributed by atoms with van der Waals surface area (Å²) in [6.07, 6.45) is 0.889. The van der Waals surface area contributed by atoms with E-state index in [1.54, 1.807) is 0 Å². The fourth-order valence-electron chi connectivity index (χ4n) is 2.52. The van der Waals surface area contributed by atoms with Crippen molar-refractivity contribution in [1.29, 1.82) is 0 Å². The summed E-state index contributed by atoms with van der Waals surface area (Å²) in [6.45, 7) is 0. The lowest BCUT2D eigenvalue weighted by Gasteiger charge is -2.25. The number of amides is 2. The molecule has 1 aliphatic rings. The number of piperidine rings is 1. The predicted molar refractivity (Wildman–Crippen MR) is 76.9 cm³/mol. The number of hydrogen-bond donors (Lipinski definition) is 0. The number of carbonyl (C=O) groups excluding carboxylic acids is 2. The largest absolute Gasteiger partial charge is 0.348 e. The number of carbonyl (C=O) groups is 2. The van der Waals surface area contributed by atoms with Gasteiger partial charge in [0.15, 0.2) is 0 Å². The molecule has 3 rings (SSSR count). The number of aryl methyl sites for hydroxylation is 1. The van der Waals surface area contributed by atoms with Gasteiger partial charge in [0.1, 0.15) is 5.82 Å². The van der Waals surface area contributed by atoms with Crippen molar-refractivity contribution in [3.05, 3.63) is 32.9 Å². The van der Waals surface area contributed by atoms with Crippen molar-refractivity contribution in [3.63, 3.8) is 0 Å². The van der Waals surface area contributed by atoms with Crippen LogP contribution >= 0.6 is 15.9 Å². The van der Waals surface area contributed by atoms with E-state index in [4.69, 9.17) is 0 Å². The first-order valence-corrected chi connectivity index (χ1v) is 7.14. The lowest BCUT2D eigenvalue weighted by atomic mass is 10.1.